The van der Waals surface area contributed by atoms with Gasteiger partial charge in [0.05, 0.1) is 10.6 Å². The van der Waals surface area contributed by atoms with Gasteiger partial charge < -0.3 is 4.90 Å². The third-order valence-electron chi connectivity index (χ3n) is 2.63. The molecule has 1 amide bonds. The van der Waals surface area contributed by atoms with E-state index in [0.717, 1.165) is 31.5 Å². The van der Waals surface area contributed by atoms with Crippen LogP contribution < -0.4 is 0 Å². The molecule has 0 saturated carbocycles. The van der Waals surface area contributed by atoms with E-state index in [0.29, 0.717) is 10.6 Å². The summed E-state index contributed by atoms with van der Waals surface area (Å²) in [5.41, 5.74) is 1.68. The molecule has 0 fully saturated rings. The van der Waals surface area contributed by atoms with E-state index in [1.165, 1.54) is 0 Å². The van der Waals surface area contributed by atoms with Gasteiger partial charge in [-0.1, -0.05) is 31.5 Å². The summed E-state index contributed by atoms with van der Waals surface area (Å²) in [6.45, 7) is 7.70. The molecule has 0 aliphatic carbocycles. The van der Waals surface area contributed by atoms with Crippen molar-refractivity contribution in [2.75, 3.05) is 13.1 Å². The van der Waals surface area contributed by atoms with Crippen molar-refractivity contribution in [2.24, 2.45) is 0 Å². The van der Waals surface area contributed by atoms with Crippen molar-refractivity contribution >= 4 is 17.5 Å². The van der Waals surface area contributed by atoms with Gasteiger partial charge in [-0.05, 0) is 37.5 Å². The van der Waals surface area contributed by atoms with Crippen molar-refractivity contribution in [3.05, 3.63) is 34.3 Å². The van der Waals surface area contributed by atoms with Crippen LogP contribution in [0, 0.1) is 6.92 Å². The van der Waals surface area contributed by atoms with Crippen LogP contribution in [0.2, 0.25) is 5.02 Å². The molecule has 0 spiro atoms. The van der Waals surface area contributed by atoms with Crippen molar-refractivity contribution in [3.8, 4) is 0 Å². The molecular formula is C14H20ClNO. The Labute approximate surface area is 109 Å². The highest BCUT2D eigenvalue weighted by atomic mass is 35.5. The second-order valence-corrected chi connectivity index (χ2v) is 4.68. The van der Waals surface area contributed by atoms with E-state index in [1.54, 1.807) is 0 Å². The first kappa shape index (κ1) is 14.0. The number of hydrogen-bond donors (Lipinski definition) is 0. The zero-order chi connectivity index (χ0) is 12.8. The van der Waals surface area contributed by atoms with Crippen LogP contribution in [0.3, 0.4) is 0 Å². The maximum atomic E-state index is 12.3. The molecule has 0 atom stereocenters. The topological polar surface area (TPSA) is 20.3 Å². The predicted octanol–water partition coefficient (Wildman–Crippen LogP) is 3.91. The van der Waals surface area contributed by atoms with Crippen molar-refractivity contribution in [1.82, 2.24) is 4.90 Å². The van der Waals surface area contributed by atoms with Crippen LogP contribution in [-0.4, -0.2) is 23.9 Å². The first-order valence-corrected chi connectivity index (χ1v) is 6.53. The summed E-state index contributed by atoms with van der Waals surface area (Å²) >= 11 is 6.12. The Bertz CT molecular complexity index is 384. The number of rotatable bonds is 5. The molecule has 1 rings (SSSR count). The number of nitrogens with zero attached hydrogens (tertiary/aromatic N) is 1. The Kier molecular flexibility index (Phi) is 5.49. The molecule has 3 heteroatoms. The first-order chi connectivity index (χ1) is 8.10. The second-order valence-electron chi connectivity index (χ2n) is 4.28. The molecule has 0 saturated heterocycles. The summed E-state index contributed by atoms with van der Waals surface area (Å²) < 4.78 is 0. The molecule has 0 aliphatic rings. The van der Waals surface area contributed by atoms with Gasteiger partial charge in [-0.3, -0.25) is 4.79 Å². The molecular weight excluding hydrogens is 234 g/mol. The van der Waals surface area contributed by atoms with Crippen molar-refractivity contribution in [2.45, 2.75) is 33.6 Å². The Morgan fingerprint density at radius 2 is 1.82 bits per heavy atom. The number of benzene rings is 1. The normalized spacial score (nSPS) is 10.4. The summed E-state index contributed by atoms with van der Waals surface area (Å²) in [7, 11) is 0. The van der Waals surface area contributed by atoms with Gasteiger partial charge >= 0.3 is 0 Å². The Morgan fingerprint density at radius 3 is 2.29 bits per heavy atom. The van der Waals surface area contributed by atoms with Crippen molar-refractivity contribution in [3.63, 3.8) is 0 Å². The van der Waals surface area contributed by atoms with Gasteiger partial charge in [0, 0.05) is 13.1 Å². The average Bonchev–Trinajstić information content (AvgIpc) is 2.28. The van der Waals surface area contributed by atoms with Crippen molar-refractivity contribution < 1.29 is 4.79 Å². The molecule has 0 N–H and O–H groups in total. The fourth-order valence-electron chi connectivity index (χ4n) is 1.82. The van der Waals surface area contributed by atoms with Crippen LogP contribution in [0.25, 0.3) is 0 Å². The minimum Gasteiger partial charge on any atom is -0.339 e. The lowest BCUT2D eigenvalue weighted by Gasteiger charge is -2.22. The number of halogens is 1. The minimum atomic E-state index is 0.0405. The van der Waals surface area contributed by atoms with E-state index in [2.05, 4.69) is 13.8 Å². The molecule has 0 heterocycles. The zero-order valence-electron chi connectivity index (χ0n) is 10.8. The quantitative estimate of drug-likeness (QED) is 0.779. The number of carbonyl (C=O) groups is 1. The van der Waals surface area contributed by atoms with Gasteiger partial charge in [0.15, 0.2) is 0 Å². The molecule has 0 aromatic heterocycles. The first-order valence-electron chi connectivity index (χ1n) is 6.15. The summed E-state index contributed by atoms with van der Waals surface area (Å²) in [6.07, 6.45) is 1.93. The number of aryl methyl sites for hydroxylation is 1. The van der Waals surface area contributed by atoms with E-state index < -0.39 is 0 Å². The van der Waals surface area contributed by atoms with Crippen LogP contribution in [-0.2, 0) is 0 Å². The third-order valence-corrected chi connectivity index (χ3v) is 2.94. The van der Waals surface area contributed by atoms with E-state index >= 15 is 0 Å². The van der Waals surface area contributed by atoms with E-state index in [9.17, 15) is 4.79 Å². The van der Waals surface area contributed by atoms with E-state index in [-0.39, 0.29) is 5.91 Å². The Morgan fingerprint density at radius 1 is 1.24 bits per heavy atom. The molecule has 17 heavy (non-hydrogen) atoms. The predicted molar refractivity (Wildman–Crippen MR) is 72.7 cm³/mol. The summed E-state index contributed by atoms with van der Waals surface area (Å²) in [4.78, 5) is 14.2. The lowest BCUT2D eigenvalue weighted by molar-refractivity contribution is 0.0756. The van der Waals surface area contributed by atoms with Gasteiger partial charge in [0.1, 0.15) is 0 Å². The van der Waals surface area contributed by atoms with Crippen LogP contribution in [0.15, 0.2) is 18.2 Å². The maximum absolute atomic E-state index is 12.3. The fraction of sp³-hybridized carbons (Fsp3) is 0.500. The molecule has 0 bridgehead atoms. The van der Waals surface area contributed by atoms with Crippen LogP contribution >= 0.6 is 11.6 Å². The SMILES string of the molecule is CCCN(CCC)C(=O)c1ccc(C)cc1Cl. The standard InChI is InChI=1S/C14H20ClNO/c1-4-8-16(9-5-2)14(17)12-7-6-11(3)10-13(12)15/h6-7,10H,4-5,8-9H2,1-3H3. The summed E-state index contributed by atoms with van der Waals surface area (Å²) in [5, 5.41) is 0.548. The largest absolute Gasteiger partial charge is 0.339 e. The Hall–Kier alpha value is -1.02. The van der Waals surface area contributed by atoms with Gasteiger partial charge in [-0.15, -0.1) is 0 Å². The number of amides is 1. The zero-order valence-corrected chi connectivity index (χ0v) is 11.5. The van der Waals surface area contributed by atoms with Crippen LogP contribution in [0.4, 0.5) is 0 Å². The van der Waals surface area contributed by atoms with Crippen LogP contribution in [0.1, 0.15) is 42.6 Å². The van der Waals surface area contributed by atoms with Crippen LogP contribution in [0.5, 0.6) is 0 Å². The van der Waals surface area contributed by atoms with E-state index in [4.69, 9.17) is 11.6 Å². The van der Waals surface area contributed by atoms with Gasteiger partial charge in [-0.2, -0.15) is 0 Å². The lowest BCUT2D eigenvalue weighted by atomic mass is 10.1. The van der Waals surface area contributed by atoms with Crippen molar-refractivity contribution in [1.29, 1.82) is 0 Å². The molecule has 0 aliphatic heterocycles. The molecule has 0 unspecified atom stereocenters. The summed E-state index contributed by atoms with van der Waals surface area (Å²) in [5.74, 6) is 0.0405. The lowest BCUT2D eigenvalue weighted by Crippen LogP contribution is -2.32. The highest BCUT2D eigenvalue weighted by Gasteiger charge is 2.16. The third kappa shape index (κ3) is 3.74. The highest BCUT2D eigenvalue weighted by molar-refractivity contribution is 6.33. The Balaban J connectivity index is 2.92. The van der Waals surface area contributed by atoms with Gasteiger partial charge in [-0.25, -0.2) is 0 Å². The molecule has 1 aromatic rings. The van der Waals surface area contributed by atoms with E-state index in [1.807, 2.05) is 30.0 Å². The molecule has 0 radical (unpaired) electrons. The second kappa shape index (κ2) is 6.65. The maximum Gasteiger partial charge on any atom is 0.255 e. The smallest absolute Gasteiger partial charge is 0.255 e. The molecule has 1 aromatic carbocycles. The summed E-state index contributed by atoms with van der Waals surface area (Å²) in [6, 6.07) is 5.58. The average molecular weight is 254 g/mol. The fourth-order valence-corrected chi connectivity index (χ4v) is 2.13. The molecule has 94 valence electrons. The number of carbonyl (C=O) groups excluding carboxylic acids is 1. The van der Waals surface area contributed by atoms with Gasteiger partial charge in [0.2, 0.25) is 0 Å². The number of hydrogen-bond acceptors (Lipinski definition) is 1. The highest BCUT2D eigenvalue weighted by Crippen LogP contribution is 2.19. The monoisotopic (exact) mass is 253 g/mol. The minimum absolute atomic E-state index is 0.0405. The molecule has 2 nitrogen and oxygen atoms in total. The van der Waals surface area contributed by atoms with Gasteiger partial charge in [0.25, 0.3) is 5.91 Å².